The monoisotopic (exact) mass is 195 g/mol. The third-order valence-corrected chi connectivity index (χ3v) is 1.97. The average Bonchev–Trinajstić information content (AvgIpc) is 2.41. The number of nitrogens with one attached hydrogen (secondary N) is 1. The van der Waals surface area contributed by atoms with Gasteiger partial charge in [-0.05, 0) is 6.07 Å². The zero-order chi connectivity index (χ0) is 10.3. The van der Waals surface area contributed by atoms with Crippen molar-refractivity contribution < 1.29 is 18.7 Å². The van der Waals surface area contributed by atoms with Gasteiger partial charge in [-0.1, -0.05) is 0 Å². The Kier molecular flexibility index (Phi) is 1.73. The van der Waals surface area contributed by atoms with Crippen LogP contribution in [0.4, 0.5) is 10.1 Å². The van der Waals surface area contributed by atoms with E-state index in [4.69, 9.17) is 4.74 Å². The summed E-state index contributed by atoms with van der Waals surface area (Å²) in [5, 5.41) is 2.25. The molecule has 1 aromatic rings. The van der Waals surface area contributed by atoms with E-state index in [0.717, 1.165) is 12.1 Å². The molecule has 5 heteroatoms. The summed E-state index contributed by atoms with van der Waals surface area (Å²) in [7, 11) is 1.31. The van der Waals surface area contributed by atoms with Gasteiger partial charge in [0.2, 0.25) is 0 Å². The number of ether oxygens (including phenoxy) is 1. The molecule has 1 aliphatic heterocycles. The van der Waals surface area contributed by atoms with Crippen molar-refractivity contribution >= 4 is 17.4 Å². The zero-order valence-electron chi connectivity index (χ0n) is 7.26. The smallest absolute Gasteiger partial charge is 0.297 e. The van der Waals surface area contributed by atoms with Gasteiger partial charge in [-0.3, -0.25) is 9.59 Å². The summed E-state index contributed by atoms with van der Waals surface area (Å²) in [5.74, 6) is -1.94. The fourth-order valence-electron chi connectivity index (χ4n) is 1.37. The zero-order valence-corrected chi connectivity index (χ0v) is 7.26. The van der Waals surface area contributed by atoms with Gasteiger partial charge in [-0.15, -0.1) is 0 Å². The Morgan fingerprint density at radius 3 is 2.71 bits per heavy atom. The molecule has 0 saturated carbocycles. The summed E-state index contributed by atoms with van der Waals surface area (Å²) < 4.78 is 17.7. The molecule has 1 aromatic carbocycles. The number of fused-ring (bicyclic) bond motifs is 1. The number of anilines is 1. The van der Waals surface area contributed by atoms with E-state index in [1.165, 1.54) is 7.11 Å². The van der Waals surface area contributed by atoms with Crippen molar-refractivity contribution in [1.29, 1.82) is 0 Å². The molecule has 0 atom stereocenters. The Bertz CT molecular complexity index is 442. The van der Waals surface area contributed by atoms with E-state index < -0.39 is 17.5 Å². The lowest BCUT2D eigenvalue weighted by Gasteiger charge is -2.04. The number of rotatable bonds is 1. The molecule has 1 aliphatic rings. The highest BCUT2D eigenvalue weighted by Crippen LogP contribution is 2.32. The summed E-state index contributed by atoms with van der Waals surface area (Å²) >= 11 is 0. The number of methoxy groups -OCH3 is 1. The molecule has 14 heavy (non-hydrogen) atoms. The fourth-order valence-corrected chi connectivity index (χ4v) is 1.37. The molecular weight excluding hydrogens is 189 g/mol. The first kappa shape index (κ1) is 8.68. The van der Waals surface area contributed by atoms with Gasteiger partial charge in [0.15, 0.2) is 0 Å². The summed E-state index contributed by atoms with van der Waals surface area (Å²) in [4.78, 5) is 22.2. The van der Waals surface area contributed by atoms with E-state index in [2.05, 4.69) is 5.32 Å². The van der Waals surface area contributed by atoms with Gasteiger partial charge >= 0.3 is 0 Å². The Balaban J connectivity index is 2.68. The molecule has 1 N–H and O–H groups in total. The van der Waals surface area contributed by atoms with Crippen LogP contribution in [-0.4, -0.2) is 18.8 Å². The van der Waals surface area contributed by atoms with Gasteiger partial charge in [0, 0.05) is 6.07 Å². The first-order valence-corrected chi connectivity index (χ1v) is 3.86. The number of benzene rings is 1. The molecule has 0 aromatic heterocycles. The molecule has 0 bridgehead atoms. The molecule has 72 valence electrons. The molecule has 0 fully saturated rings. The lowest BCUT2D eigenvalue weighted by atomic mass is 10.1. The number of ketones is 1. The first-order chi connectivity index (χ1) is 6.63. The molecule has 0 aliphatic carbocycles. The second-order valence-electron chi connectivity index (χ2n) is 2.81. The predicted molar refractivity (Wildman–Crippen MR) is 45.9 cm³/mol. The molecule has 0 spiro atoms. The van der Waals surface area contributed by atoms with Gasteiger partial charge in [-0.2, -0.15) is 0 Å². The third kappa shape index (κ3) is 1.06. The van der Waals surface area contributed by atoms with Crippen LogP contribution in [0, 0.1) is 5.82 Å². The summed E-state index contributed by atoms with van der Waals surface area (Å²) in [6.07, 6.45) is 0. The van der Waals surface area contributed by atoms with Gasteiger partial charge in [-0.25, -0.2) is 4.39 Å². The largest absolute Gasteiger partial charge is 0.496 e. The molecule has 0 radical (unpaired) electrons. The Morgan fingerprint density at radius 2 is 2.07 bits per heavy atom. The van der Waals surface area contributed by atoms with Gasteiger partial charge in [0.1, 0.15) is 11.6 Å². The van der Waals surface area contributed by atoms with Crippen LogP contribution in [0.15, 0.2) is 12.1 Å². The van der Waals surface area contributed by atoms with Crippen molar-refractivity contribution in [3.05, 3.63) is 23.5 Å². The van der Waals surface area contributed by atoms with Crippen molar-refractivity contribution in [3.63, 3.8) is 0 Å². The number of carbonyl (C=O) groups is 2. The van der Waals surface area contributed by atoms with Crippen molar-refractivity contribution in [2.75, 3.05) is 12.4 Å². The Hall–Kier alpha value is -1.91. The topological polar surface area (TPSA) is 55.4 Å². The van der Waals surface area contributed by atoms with E-state index in [-0.39, 0.29) is 17.0 Å². The molecule has 1 heterocycles. The lowest BCUT2D eigenvalue weighted by molar-refractivity contribution is -0.112. The van der Waals surface area contributed by atoms with Gasteiger partial charge < -0.3 is 10.1 Å². The van der Waals surface area contributed by atoms with Crippen LogP contribution < -0.4 is 10.1 Å². The number of Topliss-reactive ketones (excluding diaryl/α,β-unsaturated/α-hetero) is 1. The second-order valence-corrected chi connectivity index (χ2v) is 2.81. The van der Waals surface area contributed by atoms with Crippen molar-refractivity contribution in [2.45, 2.75) is 0 Å². The fraction of sp³-hybridized carbons (Fsp3) is 0.111. The highest BCUT2D eigenvalue weighted by Gasteiger charge is 2.32. The summed E-state index contributed by atoms with van der Waals surface area (Å²) in [6.45, 7) is 0. The van der Waals surface area contributed by atoms with Crippen LogP contribution in [0.3, 0.4) is 0 Å². The van der Waals surface area contributed by atoms with E-state index in [9.17, 15) is 14.0 Å². The van der Waals surface area contributed by atoms with Gasteiger partial charge in [0.05, 0.1) is 18.4 Å². The minimum absolute atomic E-state index is 0.0725. The number of halogens is 1. The summed E-state index contributed by atoms with van der Waals surface area (Å²) in [5.41, 5.74) is 0.260. The van der Waals surface area contributed by atoms with Crippen molar-refractivity contribution in [3.8, 4) is 5.75 Å². The van der Waals surface area contributed by atoms with Gasteiger partial charge in [0.25, 0.3) is 11.7 Å². The van der Waals surface area contributed by atoms with Crippen molar-refractivity contribution in [2.24, 2.45) is 0 Å². The normalized spacial score (nSPS) is 13.9. The SMILES string of the molecule is COc1cc(F)cc2c1C(=O)C(=O)N2. The van der Waals surface area contributed by atoms with Crippen LogP contribution in [0.1, 0.15) is 10.4 Å². The number of hydrogen-bond acceptors (Lipinski definition) is 3. The summed E-state index contributed by atoms with van der Waals surface area (Å²) in [6, 6.07) is 2.15. The minimum Gasteiger partial charge on any atom is -0.496 e. The van der Waals surface area contributed by atoms with E-state index >= 15 is 0 Å². The van der Waals surface area contributed by atoms with E-state index in [1.807, 2.05) is 0 Å². The predicted octanol–water partition coefficient (Wildman–Crippen LogP) is 0.969. The Morgan fingerprint density at radius 1 is 1.36 bits per heavy atom. The maximum Gasteiger partial charge on any atom is 0.297 e. The molecule has 1 amide bonds. The second kappa shape index (κ2) is 2.80. The van der Waals surface area contributed by atoms with E-state index in [0.29, 0.717) is 0 Å². The first-order valence-electron chi connectivity index (χ1n) is 3.86. The molecule has 0 unspecified atom stereocenters. The van der Waals surface area contributed by atoms with Crippen LogP contribution in [0.25, 0.3) is 0 Å². The van der Waals surface area contributed by atoms with Crippen LogP contribution >= 0.6 is 0 Å². The molecule has 2 rings (SSSR count). The molecule has 0 saturated heterocycles. The third-order valence-electron chi connectivity index (χ3n) is 1.97. The maximum absolute atomic E-state index is 12.9. The standard InChI is InChI=1S/C9H6FNO3/c1-14-6-3-4(10)2-5-7(6)8(12)9(13)11-5/h2-3H,1H3,(H,11,12,13). The lowest BCUT2D eigenvalue weighted by Crippen LogP contribution is -2.12. The van der Waals surface area contributed by atoms with Crippen LogP contribution in [0.2, 0.25) is 0 Å². The van der Waals surface area contributed by atoms with Crippen LogP contribution in [0.5, 0.6) is 5.75 Å². The quantitative estimate of drug-likeness (QED) is 0.679. The number of carbonyl (C=O) groups excluding carboxylic acids is 2. The molecular formula is C9H6FNO3. The number of hydrogen-bond donors (Lipinski definition) is 1. The van der Waals surface area contributed by atoms with Crippen molar-refractivity contribution in [1.82, 2.24) is 0 Å². The number of amides is 1. The minimum atomic E-state index is -0.760. The van der Waals surface area contributed by atoms with E-state index in [1.54, 1.807) is 0 Å². The maximum atomic E-state index is 12.9. The molecule has 4 nitrogen and oxygen atoms in total. The average molecular weight is 195 g/mol. The van der Waals surface area contributed by atoms with Crippen LogP contribution in [-0.2, 0) is 4.79 Å². The highest BCUT2D eigenvalue weighted by molar-refractivity contribution is 6.52. The Labute approximate surface area is 78.7 Å². The highest BCUT2D eigenvalue weighted by atomic mass is 19.1.